The monoisotopic (exact) mass is 330 g/mol. The van der Waals surface area contributed by atoms with E-state index in [1.165, 1.54) is 4.88 Å². The van der Waals surface area contributed by atoms with E-state index in [0.717, 1.165) is 36.4 Å². The lowest BCUT2D eigenvalue weighted by molar-refractivity contribution is -0.130. The fourth-order valence-corrected chi connectivity index (χ4v) is 3.95. The number of carbonyl (C=O) groups excluding carboxylic acids is 1. The molecule has 4 nitrogen and oxygen atoms in total. The Bertz CT molecular complexity index is 670. The normalized spacial score (nSPS) is 17.3. The number of carbonyl (C=O) groups is 1. The van der Waals surface area contributed by atoms with Crippen molar-refractivity contribution in [2.75, 3.05) is 25.5 Å². The summed E-state index contributed by atoms with van der Waals surface area (Å²) in [6.45, 7) is 3.16. The lowest BCUT2D eigenvalue weighted by atomic mass is 10.2. The third kappa shape index (κ3) is 3.50. The molecule has 1 saturated heterocycles. The van der Waals surface area contributed by atoms with E-state index in [0.29, 0.717) is 6.54 Å². The summed E-state index contributed by atoms with van der Waals surface area (Å²) < 4.78 is 5.35. The van der Waals surface area contributed by atoms with Crippen molar-refractivity contribution < 1.29 is 9.53 Å². The van der Waals surface area contributed by atoms with Gasteiger partial charge in [0, 0.05) is 11.4 Å². The van der Waals surface area contributed by atoms with Crippen LogP contribution in [-0.2, 0) is 4.79 Å². The molecule has 0 bridgehead atoms. The Hall–Kier alpha value is -2.01. The second-order valence-electron chi connectivity index (χ2n) is 5.82. The molecule has 0 spiro atoms. The Kier molecular flexibility index (Phi) is 4.86. The number of rotatable bonds is 5. The first-order valence-electron chi connectivity index (χ1n) is 7.90. The number of anilines is 1. The van der Waals surface area contributed by atoms with Gasteiger partial charge >= 0.3 is 0 Å². The van der Waals surface area contributed by atoms with Gasteiger partial charge in [0.2, 0.25) is 5.91 Å². The van der Waals surface area contributed by atoms with Gasteiger partial charge in [-0.25, -0.2) is 0 Å². The maximum atomic E-state index is 12.6. The van der Waals surface area contributed by atoms with Gasteiger partial charge in [0.1, 0.15) is 5.75 Å². The van der Waals surface area contributed by atoms with Crippen LogP contribution in [0, 0.1) is 6.92 Å². The number of methoxy groups -OCH3 is 1. The fraction of sp³-hybridized carbons (Fsp3) is 0.389. The van der Waals surface area contributed by atoms with Crippen LogP contribution >= 0.6 is 11.3 Å². The molecule has 2 aromatic rings. The van der Waals surface area contributed by atoms with Crippen molar-refractivity contribution in [1.82, 2.24) is 4.90 Å². The Morgan fingerprint density at radius 2 is 2.30 bits per heavy atom. The lowest BCUT2D eigenvalue weighted by Crippen LogP contribution is -2.34. The molecule has 1 aromatic heterocycles. The number of thiophene rings is 1. The second kappa shape index (κ2) is 7.04. The maximum Gasteiger partial charge on any atom is 0.242 e. The van der Waals surface area contributed by atoms with Crippen molar-refractivity contribution in [2.45, 2.75) is 25.8 Å². The molecule has 1 aliphatic heterocycles. The molecule has 0 saturated carbocycles. The van der Waals surface area contributed by atoms with Gasteiger partial charge in [-0.15, -0.1) is 11.3 Å². The van der Waals surface area contributed by atoms with Crippen LogP contribution in [-0.4, -0.2) is 31.0 Å². The van der Waals surface area contributed by atoms with E-state index < -0.39 is 0 Å². The first-order chi connectivity index (χ1) is 11.2. The number of benzene rings is 1. The molecule has 5 heteroatoms. The minimum Gasteiger partial charge on any atom is -0.495 e. The molecule has 1 aliphatic rings. The van der Waals surface area contributed by atoms with Crippen molar-refractivity contribution in [2.24, 2.45) is 0 Å². The first-order valence-corrected chi connectivity index (χ1v) is 8.78. The SMILES string of the molecule is COc1ccc(C)cc1NCC(=O)N1CCC[C@H]1c1cccs1. The second-order valence-corrected chi connectivity index (χ2v) is 6.80. The number of aryl methyl sites for hydroxylation is 1. The standard InChI is InChI=1S/C18H22N2O2S/c1-13-7-8-16(22-2)14(11-13)19-12-18(21)20-9-3-5-15(20)17-6-4-10-23-17/h4,6-8,10-11,15,19H,3,5,9,12H2,1-2H3/t15-/m0/s1. The van der Waals surface area contributed by atoms with Crippen LogP contribution in [0.15, 0.2) is 35.7 Å². The van der Waals surface area contributed by atoms with Crippen LogP contribution in [0.3, 0.4) is 0 Å². The third-order valence-corrected chi connectivity index (χ3v) is 5.20. The molecule has 122 valence electrons. The number of hydrogen-bond donors (Lipinski definition) is 1. The zero-order valence-electron chi connectivity index (χ0n) is 13.5. The highest BCUT2D eigenvalue weighted by molar-refractivity contribution is 7.10. The Labute approximate surface area is 141 Å². The molecule has 1 atom stereocenters. The zero-order valence-corrected chi connectivity index (χ0v) is 14.4. The fourth-order valence-electron chi connectivity index (χ4n) is 3.07. The molecule has 0 radical (unpaired) electrons. The molecular weight excluding hydrogens is 308 g/mol. The summed E-state index contributed by atoms with van der Waals surface area (Å²) in [5.41, 5.74) is 2.01. The average molecular weight is 330 g/mol. The minimum absolute atomic E-state index is 0.143. The van der Waals surface area contributed by atoms with E-state index in [2.05, 4.69) is 22.8 Å². The Morgan fingerprint density at radius 3 is 3.04 bits per heavy atom. The molecule has 1 N–H and O–H groups in total. The largest absolute Gasteiger partial charge is 0.495 e. The summed E-state index contributed by atoms with van der Waals surface area (Å²) in [4.78, 5) is 15.9. The summed E-state index contributed by atoms with van der Waals surface area (Å²) in [7, 11) is 1.64. The quantitative estimate of drug-likeness (QED) is 0.905. The molecule has 2 heterocycles. The van der Waals surface area contributed by atoms with Gasteiger partial charge in [-0.3, -0.25) is 4.79 Å². The summed E-state index contributed by atoms with van der Waals surface area (Å²) >= 11 is 1.73. The van der Waals surface area contributed by atoms with Gasteiger partial charge in [-0.05, 0) is 48.9 Å². The van der Waals surface area contributed by atoms with Crippen LogP contribution in [0.25, 0.3) is 0 Å². The number of hydrogen-bond acceptors (Lipinski definition) is 4. The van der Waals surface area contributed by atoms with Crippen LogP contribution in [0.5, 0.6) is 5.75 Å². The van der Waals surface area contributed by atoms with Crippen molar-refractivity contribution in [3.63, 3.8) is 0 Å². The van der Waals surface area contributed by atoms with Crippen LogP contribution in [0.2, 0.25) is 0 Å². The minimum atomic E-state index is 0.143. The van der Waals surface area contributed by atoms with Crippen LogP contribution < -0.4 is 10.1 Å². The van der Waals surface area contributed by atoms with Crippen molar-refractivity contribution in [3.05, 3.63) is 46.2 Å². The van der Waals surface area contributed by atoms with Gasteiger partial charge in [-0.2, -0.15) is 0 Å². The Balaban J connectivity index is 1.66. The molecule has 23 heavy (non-hydrogen) atoms. The number of nitrogens with zero attached hydrogens (tertiary/aromatic N) is 1. The molecule has 3 rings (SSSR count). The number of ether oxygens (including phenoxy) is 1. The predicted molar refractivity (Wildman–Crippen MR) is 94.2 cm³/mol. The predicted octanol–water partition coefficient (Wildman–Crippen LogP) is 3.84. The molecule has 1 amide bonds. The smallest absolute Gasteiger partial charge is 0.242 e. The summed E-state index contributed by atoms with van der Waals surface area (Å²) in [6.07, 6.45) is 2.13. The number of amides is 1. The third-order valence-electron chi connectivity index (χ3n) is 4.23. The van der Waals surface area contributed by atoms with E-state index in [4.69, 9.17) is 4.74 Å². The highest BCUT2D eigenvalue weighted by Gasteiger charge is 2.30. The highest BCUT2D eigenvalue weighted by atomic mass is 32.1. The molecule has 0 unspecified atom stereocenters. The summed E-state index contributed by atoms with van der Waals surface area (Å²) in [6, 6.07) is 10.3. The summed E-state index contributed by atoms with van der Waals surface area (Å²) in [5, 5.41) is 5.31. The van der Waals surface area contributed by atoms with E-state index in [-0.39, 0.29) is 11.9 Å². The maximum absolute atomic E-state index is 12.6. The highest BCUT2D eigenvalue weighted by Crippen LogP contribution is 2.34. The molecule has 0 aliphatic carbocycles. The van der Waals surface area contributed by atoms with E-state index in [1.807, 2.05) is 30.0 Å². The van der Waals surface area contributed by atoms with Crippen LogP contribution in [0.1, 0.15) is 29.3 Å². The van der Waals surface area contributed by atoms with E-state index >= 15 is 0 Å². The number of likely N-dealkylation sites (tertiary alicyclic amines) is 1. The van der Waals surface area contributed by atoms with Crippen LogP contribution in [0.4, 0.5) is 5.69 Å². The van der Waals surface area contributed by atoms with Gasteiger partial charge in [-0.1, -0.05) is 12.1 Å². The zero-order chi connectivity index (χ0) is 16.2. The van der Waals surface area contributed by atoms with Gasteiger partial charge in [0.05, 0.1) is 25.4 Å². The Morgan fingerprint density at radius 1 is 1.43 bits per heavy atom. The van der Waals surface area contributed by atoms with Gasteiger partial charge in [0.25, 0.3) is 0 Å². The molecule has 1 aromatic carbocycles. The van der Waals surface area contributed by atoms with Crippen molar-refractivity contribution in [1.29, 1.82) is 0 Å². The molecular formula is C18H22N2O2S. The van der Waals surface area contributed by atoms with E-state index in [1.54, 1.807) is 18.4 Å². The van der Waals surface area contributed by atoms with E-state index in [9.17, 15) is 4.79 Å². The lowest BCUT2D eigenvalue weighted by Gasteiger charge is -2.24. The van der Waals surface area contributed by atoms with Gasteiger partial charge < -0.3 is 15.0 Å². The first kappa shape index (κ1) is 15.9. The average Bonchev–Trinajstić information content (AvgIpc) is 3.23. The molecule has 1 fully saturated rings. The summed E-state index contributed by atoms with van der Waals surface area (Å²) in [5.74, 6) is 0.907. The van der Waals surface area contributed by atoms with Crippen molar-refractivity contribution >= 4 is 22.9 Å². The van der Waals surface area contributed by atoms with Crippen molar-refractivity contribution in [3.8, 4) is 5.75 Å². The topological polar surface area (TPSA) is 41.6 Å². The van der Waals surface area contributed by atoms with Gasteiger partial charge in [0.15, 0.2) is 0 Å². The number of nitrogens with one attached hydrogen (secondary N) is 1.